The van der Waals surface area contributed by atoms with E-state index < -0.39 is 5.97 Å². The molecule has 0 bridgehead atoms. The average molecular weight is 421 g/mol. The van der Waals surface area contributed by atoms with Crippen LogP contribution in [-0.4, -0.2) is 11.1 Å². The Labute approximate surface area is 178 Å². The maximum absolute atomic E-state index is 13.0. The molecule has 1 aliphatic rings. The summed E-state index contributed by atoms with van der Waals surface area (Å²) in [5.74, 6) is 0.00866. The zero-order chi connectivity index (χ0) is 21.3. The molecule has 0 saturated heterocycles. The highest BCUT2D eigenvalue weighted by Gasteiger charge is 2.25. The number of ether oxygens (including phenoxy) is 1. The molecule has 4 rings (SSSR count). The molecule has 0 unspecified atom stereocenters. The number of hydrogen-bond acceptors (Lipinski definition) is 2. The van der Waals surface area contributed by atoms with Gasteiger partial charge in [0, 0.05) is 5.02 Å². The number of carbonyl (C=O) groups is 1. The zero-order valence-corrected chi connectivity index (χ0v) is 16.9. The first-order chi connectivity index (χ1) is 14.4. The third-order valence-electron chi connectivity index (χ3n) is 5.02. The maximum Gasteiger partial charge on any atom is 0.307 e. The molecular weight excluding hydrogens is 403 g/mol. The molecule has 5 heteroatoms. The Kier molecular flexibility index (Phi) is 5.42. The predicted molar refractivity (Wildman–Crippen MR) is 117 cm³/mol. The zero-order valence-electron chi connectivity index (χ0n) is 16.2. The molecular formula is C25H18ClFO3. The minimum absolute atomic E-state index is 0.0546. The number of carboxylic acid groups (broad SMARTS) is 1. The number of benzene rings is 3. The number of rotatable bonds is 5. The lowest BCUT2D eigenvalue weighted by Crippen LogP contribution is -1.96. The standard InChI is InChI=1S/C25H18ClFO3/c1-15-22(21-11-4-17(26)13-24(21)23(15)14-25(28)29)12-16-2-7-19(8-3-16)30-20-9-5-18(27)6-10-20/h2-13H,14H2,1H3,(H,28,29)/b22-12+. The number of carboxylic acids is 1. The first-order valence-electron chi connectivity index (χ1n) is 9.38. The second-order valence-electron chi connectivity index (χ2n) is 7.05. The Hall–Kier alpha value is -3.37. The molecule has 1 aliphatic carbocycles. The van der Waals surface area contributed by atoms with Crippen molar-refractivity contribution in [3.63, 3.8) is 0 Å². The minimum Gasteiger partial charge on any atom is -0.481 e. The molecule has 30 heavy (non-hydrogen) atoms. The van der Waals surface area contributed by atoms with Gasteiger partial charge >= 0.3 is 5.97 Å². The Balaban J connectivity index is 1.64. The predicted octanol–water partition coefficient (Wildman–Crippen LogP) is 7.07. The van der Waals surface area contributed by atoms with E-state index in [1.165, 1.54) is 12.1 Å². The summed E-state index contributed by atoms with van der Waals surface area (Å²) in [7, 11) is 0. The molecule has 0 amide bonds. The molecule has 0 aromatic heterocycles. The monoisotopic (exact) mass is 420 g/mol. The van der Waals surface area contributed by atoms with Gasteiger partial charge in [0.15, 0.2) is 0 Å². The Morgan fingerprint density at radius 3 is 2.27 bits per heavy atom. The molecule has 1 N–H and O–H groups in total. The highest BCUT2D eigenvalue weighted by atomic mass is 35.5. The van der Waals surface area contributed by atoms with Gasteiger partial charge in [-0.2, -0.15) is 0 Å². The van der Waals surface area contributed by atoms with Crippen LogP contribution in [-0.2, 0) is 4.79 Å². The second kappa shape index (κ2) is 8.17. The number of hydrogen-bond donors (Lipinski definition) is 1. The second-order valence-corrected chi connectivity index (χ2v) is 7.48. The van der Waals surface area contributed by atoms with Crippen LogP contribution in [0.1, 0.15) is 30.0 Å². The van der Waals surface area contributed by atoms with Crippen molar-refractivity contribution < 1.29 is 19.0 Å². The van der Waals surface area contributed by atoms with Crippen molar-refractivity contribution in [3.8, 4) is 11.5 Å². The lowest BCUT2D eigenvalue weighted by molar-refractivity contribution is -0.135. The van der Waals surface area contributed by atoms with E-state index in [0.717, 1.165) is 33.4 Å². The fourth-order valence-corrected chi connectivity index (χ4v) is 3.74. The van der Waals surface area contributed by atoms with E-state index in [2.05, 4.69) is 0 Å². The largest absolute Gasteiger partial charge is 0.481 e. The summed E-state index contributed by atoms with van der Waals surface area (Å²) in [6.45, 7) is 1.93. The molecule has 3 nitrogen and oxygen atoms in total. The molecule has 3 aromatic carbocycles. The van der Waals surface area contributed by atoms with Gasteiger partial charge in [-0.3, -0.25) is 4.79 Å². The van der Waals surface area contributed by atoms with Crippen LogP contribution in [0.5, 0.6) is 11.5 Å². The van der Waals surface area contributed by atoms with Crippen LogP contribution in [0.2, 0.25) is 5.02 Å². The van der Waals surface area contributed by atoms with Crippen molar-refractivity contribution in [2.24, 2.45) is 0 Å². The van der Waals surface area contributed by atoms with Crippen molar-refractivity contribution in [1.29, 1.82) is 0 Å². The van der Waals surface area contributed by atoms with Gasteiger partial charge in [-0.05, 0) is 94.9 Å². The lowest BCUT2D eigenvalue weighted by Gasteiger charge is -2.07. The van der Waals surface area contributed by atoms with Crippen LogP contribution < -0.4 is 4.74 Å². The first kappa shape index (κ1) is 19.9. The van der Waals surface area contributed by atoms with Crippen LogP contribution in [0.25, 0.3) is 17.2 Å². The lowest BCUT2D eigenvalue weighted by atomic mass is 10.0. The summed E-state index contributed by atoms with van der Waals surface area (Å²) in [5, 5.41) is 9.88. The quantitative estimate of drug-likeness (QED) is 0.480. The Bertz CT molecular complexity index is 1180. The normalized spacial score (nSPS) is 14.2. The third-order valence-corrected chi connectivity index (χ3v) is 5.26. The summed E-state index contributed by atoms with van der Waals surface area (Å²) < 4.78 is 18.8. The van der Waals surface area contributed by atoms with Gasteiger partial charge in [-0.1, -0.05) is 29.8 Å². The van der Waals surface area contributed by atoms with Crippen molar-refractivity contribution in [3.05, 3.63) is 99.8 Å². The molecule has 0 radical (unpaired) electrons. The third kappa shape index (κ3) is 4.14. The fourth-order valence-electron chi connectivity index (χ4n) is 3.57. The van der Waals surface area contributed by atoms with E-state index in [9.17, 15) is 14.3 Å². The van der Waals surface area contributed by atoms with E-state index in [4.69, 9.17) is 16.3 Å². The SMILES string of the molecule is CC1=C(CC(=O)O)c2cc(Cl)ccc2/C1=C/c1ccc(Oc2ccc(F)cc2)cc1. The van der Waals surface area contributed by atoms with Crippen molar-refractivity contribution in [1.82, 2.24) is 0 Å². The van der Waals surface area contributed by atoms with Crippen LogP contribution in [0.4, 0.5) is 4.39 Å². The maximum atomic E-state index is 13.0. The first-order valence-corrected chi connectivity index (χ1v) is 9.76. The summed E-state index contributed by atoms with van der Waals surface area (Å²) >= 11 is 6.15. The molecule has 0 fully saturated rings. The topological polar surface area (TPSA) is 46.5 Å². The van der Waals surface area contributed by atoms with E-state index in [1.54, 1.807) is 12.1 Å². The van der Waals surface area contributed by atoms with E-state index in [1.807, 2.05) is 55.5 Å². The van der Waals surface area contributed by atoms with Gasteiger partial charge in [-0.15, -0.1) is 0 Å². The summed E-state index contributed by atoms with van der Waals surface area (Å²) in [6, 6.07) is 18.9. The highest BCUT2D eigenvalue weighted by molar-refractivity contribution is 6.31. The number of fused-ring (bicyclic) bond motifs is 1. The average Bonchev–Trinajstić information content (AvgIpc) is 2.96. The van der Waals surface area contributed by atoms with Crippen LogP contribution >= 0.6 is 11.6 Å². The Morgan fingerprint density at radius 2 is 1.63 bits per heavy atom. The van der Waals surface area contributed by atoms with Crippen LogP contribution in [0, 0.1) is 5.82 Å². The smallest absolute Gasteiger partial charge is 0.307 e. The Morgan fingerprint density at radius 1 is 1.00 bits per heavy atom. The summed E-state index contributed by atoms with van der Waals surface area (Å²) in [4.78, 5) is 11.3. The fraction of sp³-hybridized carbons (Fsp3) is 0.0800. The number of halogens is 2. The molecule has 3 aromatic rings. The number of allylic oxidation sites excluding steroid dienone is 2. The van der Waals surface area contributed by atoms with E-state index in [0.29, 0.717) is 16.5 Å². The molecule has 0 spiro atoms. The van der Waals surface area contributed by atoms with Gasteiger partial charge in [-0.25, -0.2) is 4.39 Å². The van der Waals surface area contributed by atoms with E-state index >= 15 is 0 Å². The summed E-state index contributed by atoms with van der Waals surface area (Å²) in [5.41, 5.74) is 5.48. The van der Waals surface area contributed by atoms with Gasteiger partial charge in [0.25, 0.3) is 0 Å². The van der Waals surface area contributed by atoms with Crippen molar-refractivity contribution in [2.45, 2.75) is 13.3 Å². The molecule has 0 atom stereocenters. The van der Waals surface area contributed by atoms with Crippen LogP contribution in [0.3, 0.4) is 0 Å². The van der Waals surface area contributed by atoms with E-state index in [-0.39, 0.29) is 12.2 Å². The van der Waals surface area contributed by atoms with Crippen molar-refractivity contribution >= 4 is 34.8 Å². The van der Waals surface area contributed by atoms with Gasteiger partial charge in [0.05, 0.1) is 6.42 Å². The minimum atomic E-state index is -0.876. The van der Waals surface area contributed by atoms with Crippen molar-refractivity contribution in [2.75, 3.05) is 0 Å². The molecule has 0 heterocycles. The van der Waals surface area contributed by atoms with Crippen LogP contribution in [0.15, 0.2) is 72.3 Å². The van der Waals surface area contributed by atoms with Gasteiger partial charge < -0.3 is 9.84 Å². The molecule has 150 valence electrons. The van der Waals surface area contributed by atoms with Gasteiger partial charge in [0.1, 0.15) is 17.3 Å². The highest BCUT2D eigenvalue weighted by Crippen LogP contribution is 2.44. The molecule has 0 saturated carbocycles. The summed E-state index contributed by atoms with van der Waals surface area (Å²) in [6.07, 6.45) is 1.97. The molecule has 0 aliphatic heterocycles. The number of aliphatic carboxylic acids is 1. The van der Waals surface area contributed by atoms with Gasteiger partial charge in [0.2, 0.25) is 0 Å².